The molecule has 0 aromatic heterocycles. The Hall–Kier alpha value is 0.310. The van der Waals surface area contributed by atoms with Crippen molar-refractivity contribution in [3.8, 4) is 0 Å². The van der Waals surface area contributed by atoms with Gasteiger partial charge in [0.1, 0.15) is 0 Å². The van der Waals surface area contributed by atoms with E-state index in [1.54, 1.807) is 0 Å². The molecule has 0 radical (unpaired) electrons. The van der Waals surface area contributed by atoms with E-state index < -0.39 is 5.60 Å². The van der Waals surface area contributed by atoms with Crippen LogP contribution in [0.1, 0.15) is 12.8 Å². The van der Waals surface area contributed by atoms with Crippen molar-refractivity contribution in [2.45, 2.75) is 18.4 Å². The Bertz CT molecular complexity index is 179. The van der Waals surface area contributed by atoms with Crippen molar-refractivity contribution in [3.05, 3.63) is 0 Å². The normalized spacial score (nSPS) is 20.1. The van der Waals surface area contributed by atoms with Crippen LogP contribution in [-0.4, -0.2) is 34.7 Å². The highest BCUT2D eigenvalue weighted by Crippen LogP contribution is 2.26. The molecule has 0 atom stereocenters. The standard InChI is InChI=1S/C7H15N3OS.HI/c8-6(9)10-5-7(11)1-3-12-4-2-7;/h11H,1-5H2,(H4,8,9,10);1H. The lowest BCUT2D eigenvalue weighted by atomic mass is 9.97. The molecular formula is C7H16IN3OS. The molecule has 78 valence electrons. The highest BCUT2D eigenvalue weighted by molar-refractivity contribution is 14.0. The molecule has 1 aliphatic rings. The number of nitrogens with two attached hydrogens (primary N) is 2. The van der Waals surface area contributed by atoms with E-state index in [-0.39, 0.29) is 29.9 Å². The molecule has 1 aliphatic heterocycles. The van der Waals surface area contributed by atoms with E-state index in [0.717, 1.165) is 24.3 Å². The second-order valence-corrected chi connectivity index (χ2v) is 4.30. The van der Waals surface area contributed by atoms with Gasteiger partial charge in [-0.05, 0) is 24.3 Å². The summed E-state index contributed by atoms with van der Waals surface area (Å²) in [5, 5.41) is 9.89. The second kappa shape index (κ2) is 5.92. The molecular weight excluding hydrogens is 301 g/mol. The largest absolute Gasteiger partial charge is 0.388 e. The minimum absolute atomic E-state index is 0. The summed E-state index contributed by atoms with van der Waals surface area (Å²) in [5.41, 5.74) is 9.70. The molecule has 0 aromatic rings. The van der Waals surface area contributed by atoms with Gasteiger partial charge in [-0.1, -0.05) is 0 Å². The molecule has 0 saturated carbocycles. The van der Waals surface area contributed by atoms with Gasteiger partial charge in [0.05, 0.1) is 12.1 Å². The van der Waals surface area contributed by atoms with Gasteiger partial charge in [0.2, 0.25) is 0 Å². The molecule has 5 N–H and O–H groups in total. The molecule has 0 spiro atoms. The Morgan fingerprint density at radius 3 is 2.38 bits per heavy atom. The summed E-state index contributed by atoms with van der Waals surface area (Å²) in [6, 6.07) is 0. The number of halogens is 1. The van der Waals surface area contributed by atoms with Gasteiger partial charge in [0, 0.05) is 0 Å². The second-order valence-electron chi connectivity index (χ2n) is 3.08. The van der Waals surface area contributed by atoms with Gasteiger partial charge in [0.25, 0.3) is 0 Å². The van der Waals surface area contributed by atoms with Crippen molar-refractivity contribution in [1.29, 1.82) is 0 Å². The fourth-order valence-electron chi connectivity index (χ4n) is 1.15. The predicted molar refractivity (Wildman–Crippen MR) is 67.6 cm³/mol. The van der Waals surface area contributed by atoms with E-state index >= 15 is 0 Å². The molecule has 13 heavy (non-hydrogen) atoms. The Morgan fingerprint density at radius 2 is 1.92 bits per heavy atom. The Kier molecular flexibility index (Phi) is 6.06. The molecule has 1 saturated heterocycles. The van der Waals surface area contributed by atoms with Crippen LogP contribution in [-0.2, 0) is 0 Å². The van der Waals surface area contributed by atoms with Crippen molar-refractivity contribution >= 4 is 41.7 Å². The lowest BCUT2D eigenvalue weighted by molar-refractivity contribution is 0.0416. The topological polar surface area (TPSA) is 84.6 Å². The molecule has 1 rings (SSSR count). The van der Waals surface area contributed by atoms with Gasteiger partial charge in [-0.25, -0.2) is 0 Å². The third-order valence-electron chi connectivity index (χ3n) is 1.98. The minimum atomic E-state index is -0.657. The maximum atomic E-state index is 9.89. The van der Waals surface area contributed by atoms with Crippen LogP contribution in [0.25, 0.3) is 0 Å². The monoisotopic (exact) mass is 317 g/mol. The zero-order valence-corrected chi connectivity index (χ0v) is 10.5. The highest BCUT2D eigenvalue weighted by atomic mass is 127. The third kappa shape index (κ3) is 4.92. The number of aliphatic imine (C=N–C) groups is 1. The van der Waals surface area contributed by atoms with Crippen molar-refractivity contribution in [2.24, 2.45) is 16.5 Å². The molecule has 0 bridgehead atoms. The summed E-state index contributed by atoms with van der Waals surface area (Å²) >= 11 is 1.86. The average molecular weight is 317 g/mol. The maximum Gasteiger partial charge on any atom is 0.186 e. The Balaban J connectivity index is 0.00000144. The quantitative estimate of drug-likeness (QED) is 0.384. The molecule has 0 amide bonds. The first-order valence-corrected chi connectivity index (χ1v) is 5.13. The van der Waals surface area contributed by atoms with Crippen molar-refractivity contribution in [1.82, 2.24) is 0 Å². The summed E-state index contributed by atoms with van der Waals surface area (Å²) in [6.07, 6.45) is 1.57. The summed E-state index contributed by atoms with van der Waals surface area (Å²) in [5.74, 6) is 2.05. The minimum Gasteiger partial charge on any atom is -0.388 e. The zero-order valence-electron chi connectivity index (χ0n) is 7.40. The third-order valence-corrected chi connectivity index (χ3v) is 2.97. The Labute approximate surface area is 99.6 Å². The molecule has 0 aromatic carbocycles. The van der Waals surface area contributed by atoms with Gasteiger partial charge < -0.3 is 16.6 Å². The zero-order chi connectivity index (χ0) is 9.03. The summed E-state index contributed by atoms with van der Waals surface area (Å²) in [7, 11) is 0. The van der Waals surface area contributed by atoms with Gasteiger partial charge >= 0.3 is 0 Å². The number of rotatable bonds is 2. The van der Waals surface area contributed by atoms with E-state index in [0.29, 0.717) is 6.54 Å². The number of guanidine groups is 1. The first-order valence-electron chi connectivity index (χ1n) is 3.98. The van der Waals surface area contributed by atoms with Crippen LogP contribution in [0.15, 0.2) is 4.99 Å². The fourth-order valence-corrected chi connectivity index (χ4v) is 2.40. The SMILES string of the molecule is I.NC(N)=NCC1(O)CCSCC1. The van der Waals surface area contributed by atoms with Crippen LogP contribution >= 0.6 is 35.7 Å². The number of thioether (sulfide) groups is 1. The molecule has 1 fully saturated rings. The molecule has 0 aliphatic carbocycles. The molecule has 6 heteroatoms. The summed E-state index contributed by atoms with van der Waals surface area (Å²) < 4.78 is 0. The van der Waals surface area contributed by atoms with Gasteiger partial charge in [-0.3, -0.25) is 4.99 Å². The van der Waals surface area contributed by atoms with Gasteiger partial charge in [-0.2, -0.15) is 11.8 Å². The van der Waals surface area contributed by atoms with E-state index in [1.165, 1.54) is 0 Å². The first kappa shape index (κ1) is 13.3. The van der Waals surface area contributed by atoms with Crippen LogP contribution < -0.4 is 11.5 Å². The van der Waals surface area contributed by atoms with E-state index in [4.69, 9.17) is 11.5 Å². The average Bonchev–Trinajstić information content (AvgIpc) is 2.03. The van der Waals surface area contributed by atoms with Crippen LogP contribution in [0.3, 0.4) is 0 Å². The van der Waals surface area contributed by atoms with Crippen molar-refractivity contribution in [2.75, 3.05) is 18.1 Å². The smallest absolute Gasteiger partial charge is 0.186 e. The first-order chi connectivity index (χ1) is 5.62. The van der Waals surface area contributed by atoms with Gasteiger partial charge in [0.15, 0.2) is 5.96 Å². The van der Waals surface area contributed by atoms with Crippen LogP contribution in [0, 0.1) is 0 Å². The maximum absolute atomic E-state index is 9.89. The molecule has 0 unspecified atom stereocenters. The Morgan fingerprint density at radius 1 is 1.38 bits per heavy atom. The van der Waals surface area contributed by atoms with Crippen molar-refractivity contribution in [3.63, 3.8) is 0 Å². The summed E-state index contributed by atoms with van der Waals surface area (Å²) in [4.78, 5) is 3.83. The number of aliphatic hydroxyl groups is 1. The van der Waals surface area contributed by atoms with Gasteiger partial charge in [-0.15, -0.1) is 24.0 Å². The number of nitrogens with zero attached hydrogens (tertiary/aromatic N) is 1. The van der Waals surface area contributed by atoms with Crippen LogP contribution in [0.2, 0.25) is 0 Å². The number of hydrogen-bond donors (Lipinski definition) is 3. The predicted octanol–water partition coefficient (Wildman–Crippen LogP) is 0.136. The van der Waals surface area contributed by atoms with Crippen LogP contribution in [0.4, 0.5) is 0 Å². The lowest BCUT2D eigenvalue weighted by Gasteiger charge is -2.29. The fraction of sp³-hybridized carbons (Fsp3) is 0.857. The highest BCUT2D eigenvalue weighted by Gasteiger charge is 2.28. The van der Waals surface area contributed by atoms with E-state index in [9.17, 15) is 5.11 Å². The summed E-state index contributed by atoms with van der Waals surface area (Å²) in [6.45, 7) is 0.343. The van der Waals surface area contributed by atoms with Crippen molar-refractivity contribution < 1.29 is 5.11 Å². The lowest BCUT2D eigenvalue weighted by Crippen LogP contribution is -2.38. The molecule has 4 nitrogen and oxygen atoms in total. The number of hydrogen-bond acceptors (Lipinski definition) is 3. The van der Waals surface area contributed by atoms with E-state index in [2.05, 4.69) is 4.99 Å². The van der Waals surface area contributed by atoms with E-state index in [1.807, 2.05) is 11.8 Å². The van der Waals surface area contributed by atoms with Crippen LogP contribution in [0.5, 0.6) is 0 Å². The molecule has 1 heterocycles.